The highest BCUT2D eigenvalue weighted by Gasteiger charge is 2.17. The number of aromatic nitrogens is 2. The Labute approximate surface area is 135 Å². The molecule has 23 heavy (non-hydrogen) atoms. The molecule has 1 aromatic heterocycles. The number of aryl methyl sites for hydroxylation is 1. The summed E-state index contributed by atoms with van der Waals surface area (Å²) < 4.78 is 12.8. The molecular weight excluding hydrogens is 294 g/mol. The highest BCUT2D eigenvalue weighted by molar-refractivity contribution is 5.92. The maximum Gasteiger partial charge on any atom is 0.271 e. The molecule has 1 aliphatic heterocycles. The number of benzene rings is 1. The lowest BCUT2D eigenvalue weighted by Gasteiger charge is -2.10. The molecule has 0 radical (unpaired) electrons. The lowest BCUT2D eigenvalue weighted by atomic mass is 10.2. The first-order chi connectivity index (χ1) is 11.2. The van der Waals surface area contributed by atoms with Crippen molar-refractivity contribution >= 4 is 5.91 Å². The van der Waals surface area contributed by atoms with Gasteiger partial charge in [0, 0.05) is 19.3 Å². The van der Waals surface area contributed by atoms with Crippen LogP contribution >= 0.6 is 0 Å². The number of carbonyl (C=O) groups is 1. The third-order valence-corrected chi connectivity index (χ3v) is 3.83. The van der Waals surface area contributed by atoms with Gasteiger partial charge in [0.2, 0.25) is 0 Å². The normalized spacial score (nSPS) is 17.2. The van der Waals surface area contributed by atoms with E-state index in [1.54, 1.807) is 16.9 Å². The van der Waals surface area contributed by atoms with Gasteiger partial charge in [0.15, 0.2) is 6.73 Å². The second kappa shape index (κ2) is 7.28. The molecule has 0 unspecified atom stereocenters. The number of hydrogen-bond acceptors (Lipinski definition) is 4. The van der Waals surface area contributed by atoms with Crippen LogP contribution < -0.4 is 10.1 Å². The molecule has 3 rings (SSSR count). The number of ether oxygens (including phenoxy) is 2. The van der Waals surface area contributed by atoms with Gasteiger partial charge in [-0.3, -0.25) is 4.79 Å². The Morgan fingerprint density at radius 1 is 1.43 bits per heavy atom. The molecule has 1 atom stereocenters. The van der Waals surface area contributed by atoms with Crippen molar-refractivity contribution in [2.24, 2.45) is 0 Å². The average molecular weight is 315 g/mol. The van der Waals surface area contributed by atoms with E-state index in [4.69, 9.17) is 9.47 Å². The number of nitrogens with zero attached hydrogens (tertiary/aromatic N) is 2. The zero-order valence-electron chi connectivity index (χ0n) is 13.2. The molecule has 0 saturated carbocycles. The minimum atomic E-state index is -0.185. The largest absolute Gasteiger partial charge is 0.471 e. The molecule has 6 nitrogen and oxygen atoms in total. The molecule has 1 N–H and O–H groups in total. The van der Waals surface area contributed by atoms with Crippen molar-refractivity contribution in [3.63, 3.8) is 0 Å². The second-order valence-electron chi connectivity index (χ2n) is 5.62. The van der Waals surface area contributed by atoms with E-state index in [2.05, 4.69) is 10.4 Å². The first-order valence-corrected chi connectivity index (χ1v) is 7.84. The monoisotopic (exact) mass is 315 g/mol. The molecule has 1 aromatic carbocycles. The number of para-hydroxylation sites is 1. The van der Waals surface area contributed by atoms with Crippen LogP contribution in [0.2, 0.25) is 0 Å². The zero-order valence-corrected chi connectivity index (χ0v) is 13.2. The van der Waals surface area contributed by atoms with Gasteiger partial charge in [-0.25, -0.2) is 4.68 Å². The molecule has 0 aliphatic carbocycles. The first kappa shape index (κ1) is 15.6. The van der Waals surface area contributed by atoms with E-state index in [1.807, 2.05) is 31.2 Å². The standard InChI is InChI=1S/C17H21N3O3/c1-13-5-2-3-7-16(13)23-12-20-9-8-15(19-20)17(21)18-11-14-6-4-10-22-14/h2-3,5,7-9,14H,4,6,10-12H2,1H3,(H,18,21)/t14-/m0/s1. The fraction of sp³-hybridized carbons (Fsp3) is 0.412. The molecular formula is C17H21N3O3. The van der Waals surface area contributed by atoms with E-state index in [0.717, 1.165) is 30.8 Å². The quantitative estimate of drug-likeness (QED) is 0.887. The van der Waals surface area contributed by atoms with Crippen molar-refractivity contribution in [3.8, 4) is 5.75 Å². The van der Waals surface area contributed by atoms with Crippen molar-refractivity contribution in [1.29, 1.82) is 0 Å². The highest BCUT2D eigenvalue weighted by atomic mass is 16.5. The highest BCUT2D eigenvalue weighted by Crippen LogP contribution is 2.16. The van der Waals surface area contributed by atoms with Crippen molar-refractivity contribution < 1.29 is 14.3 Å². The molecule has 2 aromatic rings. The van der Waals surface area contributed by atoms with E-state index < -0.39 is 0 Å². The van der Waals surface area contributed by atoms with E-state index in [0.29, 0.717) is 12.2 Å². The van der Waals surface area contributed by atoms with Gasteiger partial charge in [0.1, 0.15) is 11.4 Å². The van der Waals surface area contributed by atoms with Crippen LogP contribution in [-0.2, 0) is 11.5 Å². The molecule has 2 heterocycles. The first-order valence-electron chi connectivity index (χ1n) is 7.84. The molecule has 1 fully saturated rings. The van der Waals surface area contributed by atoms with Crippen molar-refractivity contribution in [2.45, 2.75) is 32.6 Å². The van der Waals surface area contributed by atoms with Gasteiger partial charge in [-0.05, 0) is 37.5 Å². The summed E-state index contributed by atoms with van der Waals surface area (Å²) in [6.07, 6.45) is 3.93. The van der Waals surface area contributed by atoms with E-state index >= 15 is 0 Å². The summed E-state index contributed by atoms with van der Waals surface area (Å²) in [7, 11) is 0. The van der Waals surface area contributed by atoms with Crippen molar-refractivity contribution in [3.05, 3.63) is 47.8 Å². The van der Waals surface area contributed by atoms with Crippen LogP contribution in [0.1, 0.15) is 28.9 Å². The third-order valence-electron chi connectivity index (χ3n) is 3.83. The number of carbonyl (C=O) groups excluding carboxylic acids is 1. The Morgan fingerprint density at radius 2 is 2.30 bits per heavy atom. The van der Waals surface area contributed by atoms with E-state index in [9.17, 15) is 4.79 Å². The van der Waals surface area contributed by atoms with Crippen LogP contribution in [0.3, 0.4) is 0 Å². The number of amides is 1. The van der Waals surface area contributed by atoms with Crippen LogP contribution in [0.4, 0.5) is 0 Å². The van der Waals surface area contributed by atoms with Crippen molar-refractivity contribution in [1.82, 2.24) is 15.1 Å². The Kier molecular flexibility index (Phi) is 4.92. The van der Waals surface area contributed by atoms with Crippen molar-refractivity contribution in [2.75, 3.05) is 13.2 Å². The summed E-state index contributed by atoms with van der Waals surface area (Å²) in [4.78, 5) is 12.1. The predicted octanol–water partition coefficient (Wildman–Crippen LogP) is 2.14. The fourth-order valence-electron chi connectivity index (χ4n) is 2.51. The summed E-state index contributed by atoms with van der Waals surface area (Å²) in [6.45, 7) is 3.57. The van der Waals surface area contributed by atoms with Crippen LogP contribution in [0.15, 0.2) is 36.5 Å². The number of rotatable bonds is 6. The van der Waals surface area contributed by atoms with Gasteiger partial charge in [-0.15, -0.1) is 0 Å². The minimum absolute atomic E-state index is 0.130. The lowest BCUT2D eigenvalue weighted by Crippen LogP contribution is -2.32. The van der Waals surface area contributed by atoms with Crippen LogP contribution in [0.25, 0.3) is 0 Å². The number of nitrogens with one attached hydrogen (secondary N) is 1. The molecule has 1 saturated heterocycles. The summed E-state index contributed by atoms with van der Waals surface area (Å²) in [5, 5.41) is 7.10. The SMILES string of the molecule is Cc1ccccc1OCn1ccc(C(=O)NC[C@@H]2CCCO2)n1. The maximum atomic E-state index is 12.1. The molecule has 1 aliphatic rings. The van der Waals surface area contributed by atoms with Crippen LogP contribution in [0.5, 0.6) is 5.75 Å². The van der Waals surface area contributed by atoms with Gasteiger partial charge in [-0.1, -0.05) is 18.2 Å². The molecule has 1 amide bonds. The summed E-state index contributed by atoms with van der Waals surface area (Å²) in [5.74, 6) is 0.627. The summed E-state index contributed by atoms with van der Waals surface area (Å²) >= 11 is 0. The zero-order chi connectivity index (χ0) is 16.1. The lowest BCUT2D eigenvalue weighted by molar-refractivity contribution is 0.0852. The van der Waals surface area contributed by atoms with Gasteiger partial charge < -0.3 is 14.8 Å². The maximum absolute atomic E-state index is 12.1. The average Bonchev–Trinajstić information content (AvgIpc) is 3.23. The van der Waals surface area contributed by atoms with Gasteiger partial charge in [0.25, 0.3) is 5.91 Å². The Balaban J connectivity index is 1.51. The second-order valence-corrected chi connectivity index (χ2v) is 5.62. The third kappa shape index (κ3) is 4.10. The topological polar surface area (TPSA) is 65.4 Å². The summed E-state index contributed by atoms with van der Waals surface area (Å²) in [5.41, 5.74) is 1.45. The van der Waals surface area contributed by atoms with Crippen LogP contribution in [0, 0.1) is 6.92 Å². The summed E-state index contributed by atoms with van der Waals surface area (Å²) in [6, 6.07) is 9.48. The molecule has 0 spiro atoms. The minimum Gasteiger partial charge on any atom is -0.471 e. The molecule has 0 bridgehead atoms. The fourth-order valence-corrected chi connectivity index (χ4v) is 2.51. The Bertz CT molecular complexity index is 663. The molecule has 122 valence electrons. The Morgan fingerprint density at radius 3 is 3.09 bits per heavy atom. The van der Waals surface area contributed by atoms with Gasteiger partial charge in [-0.2, -0.15) is 5.10 Å². The van der Waals surface area contributed by atoms with Gasteiger partial charge >= 0.3 is 0 Å². The smallest absolute Gasteiger partial charge is 0.271 e. The molecule has 6 heteroatoms. The van der Waals surface area contributed by atoms with Gasteiger partial charge in [0.05, 0.1) is 6.10 Å². The van der Waals surface area contributed by atoms with E-state index in [1.165, 1.54) is 0 Å². The number of hydrogen-bond donors (Lipinski definition) is 1. The van der Waals surface area contributed by atoms with Crippen LogP contribution in [-0.4, -0.2) is 34.9 Å². The van der Waals surface area contributed by atoms with E-state index in [-0.39, 0.29) is 18.7 Å². The predicted molar refractivity (Wildman–Crippen MR) is 85.3 cm³/mol. The Hall–Kier alpha value is -2.34.